The van der Waals surface area contributed by atoms with Crippen LogP contribution in [-0.2, 0) is 11.3 Å². The number of nitrogens with zero attached hydrogens (tertiary/aromatic N) is 6. The summed E-state index contributed by atoms with van der Waals surface area (Å²) in [6, 6.07) is 17.1. The van der Waals surface area contributed by atoms with Crippen molar-refractivity contribution in [2.75, 3.05) is 44.8 Å². The highest BCUT2D eigenvalue weighted by molar-refractivity contribution is 5.49. The van der Waals surface area contributed by atoms with E-state index in [1.54, 1.807) is 7.11 Å². The van der Waals surface area contributed by atoms with Gasteiger partial charge < -0.3 is 14.4 Å². The lowest BCUT2D eigenvalue weighted by molar-refractivity contribution is 0.0906. The molecule has 3 heterocycles. The van der Waals surface area contributed by atoms with Gasteiger partial charge >= 0.3 is 0 Å². The molecule has 0 aliphatic carbocycles. The number of hydrogen-bond acceptors (Lipinski definition) is 7. The van der Waals surface area contributed by atoms with Crippen LogP contribution < -0.4 is 9.64 Å². The van der Waals surface area contributed by atoms with Crippen LogP contribution in [-0.4, -0.2) is 71.1 Å². The van der Waals surface area contributed by atoms with Crippen LogP contribution in [0, 0.1) is 6.92 Å². The number of methoxy groups -OCH3 is 1. The molecule has 2 fully saturated rings. The van der Waals surface area contributed by atoms with Gasteiger partial charge in [0.2, 0.25) is 0 Å². The first-order valence-electron chi connectivity index (χ1n) is 11.8. The fraction of sp³-hybridized carbons (Fsp3) is 0.480. The number of ether oxygens (including phenoxy) is 2. The fourth-order valence-corrected chi connectivity index (χ4v) is 4.82. The molecular weight excluding hydrogens is 416 g/mol. The molecule has 8 heteroatoms. The van der Waals surface area contributed by atoms with Gasteiger partial charge in [-0.1, -0.05) is 29.8 Å². The zero-order valence-corrected chi connectivity index (χ0v) is 19.4. The van der Waals surface area contributed by atoms with Gasteiger partial charge in [0.15, 0.2) is 5.82 Å². The number of rotatable bonds is 7. The van der Waals surface area contributed by atoms with Crippen LogP contribution in [0.2, 0.25) is 0 Å². The average Bonchev–Trinajstić information content (AvgIpc) is 3.54. The van der Waals surface area contributed by atoms with E-state index in [1.165, 1.54) is 16.8 Å². The SMILES string of the molecule is COc1ccc(N2CCN([C@H](c3ccc(C)cc3)c3nnnn3C[C@@H]3CCCO3)CC2)cc1. The lowest BCUT2D eigenvalue weighted by Gasteiger charge is -2.40. The maximum Gasteiger partial charge on any atom is 0.173 e. The van der Waals surface area contributed by atoms with Crippen molar-refractivity contribution in [1.82, 2.24) is 25.1 Å². The van der Waals surface area contributed by atoms with Crippen molar-refractivity contribution in [2.24, 2.45) is 0 Å². The second-order valence-corrected chi connectivity index (χ2v) is 8.89. The van der Waals surface area contributed by atoms with Gasteiger partial charge in [0.25, 0.3) is 0 Å². The summed E-state index contributed by atoms with van der Waals surface area (Å²) in [6.07, 6.45) is 2.36. The van der Waals surface area contributed by atoms with E-state index < -0.39 is 0 Å². The standard InChI is InChI=1S/C25H32N6O2/c1-19-5-7-20(8-6-19)24(25-26-27-28-31(25)18-23-4-3-17-33-23)30-15-13-29(14-16-30)21-9-11-22(32-2)12-10-21/h5-12,23-24H,3-4,13-18H2,1-2H3/t23-,24+/m0/s1. The molecule has 2 aromatic carbocycles. The quantitative estimate of drug-likeness (QED) is 0.550. The van der Waals surface area contributed by atoms with E-state index in [0.717, 1.165) is 57.2 Å². The Kier molecular flexibility index (Phi) is 6.55. The zero-order valence-electron chi connectivity index (χ0n) is 19.4. The van der Waals surface area contributed by atoms with Gasteiger partial charge in [0, 0.05) is 38.5 Å². The van der Waals surface area contributed by atoms with Gasteiger partial charge in [-0.05, 0) is 60.0 Å². The van der Waals surface area contributed by atoms with E-state index in [0.29, 0.717) is 6.54 Å². The minimum atomic E-state index is 0.0139. The molecule has 3 aromatic rings. The molecule has 0 unspecified atom stereocenters. The van der Waals surface area contributed by atoms with Gasteiger partial charge in [-0.2, -0.15) is 0 Å². The Morgan fingerprint density at radius 1 is 1.03 bits per heavy atom. The maximum absolute atomic E-state index is 5.86. The average molecular weight is 449 g/mol. The summed E-state index contributed by atoms with van der Waals surface area (Å²) in [4.78, 5) is 4.93. The number of aromatic nitrogens is 4. The highest BCUT2D eigenvalue weighted by Gasteiger charge is 2.31. The predicted molar refractivity (Wildman–Crippen MR) is 127 cm³/mol. The molecule has 2 atom stereocenters. The van der Waals surface area contributed by atoms with Crippen LogP contribution in [0.15, 0.2) is 48.5 Å². The molecule has 8 nitrogen and oxygen atoms in total. The predicted octanol–water partition coefficient (Wildman–Crippen LogP) is 3.08. The number of tetrazole rings is 1. The number of anilines is 1. The van der Waals surface area contributed by atoms with E-state index in [9.17, 15) is 0 Å². The number of aryl methyl sites for hydroxylation is 1. The minimum absolute atomic E-state index is 0.0139. The Hall–Kier alpha value is -2.97. The third kappa shape index (κ3) is 4.86. The first-order chi connectivity index (χ1) is 16.2. The van der Waals surface area contributed by atoms with E-state index in [1.807, 2.05) is 16.8 Å². The topological polar surface area (TPSA) is 68.5 Å². The van der Waals surface area contributed by atoms with Crippen molar-refractivity contribution in [3.63, 3.8) is 0 Å². The Bertz CT molecular complexity index is 1020. The zero-order chi connectivity index (χ0) is 22.6. The minimum Gasteiger partial charge on any atom is -0.497 e. The molecule has 2 aliphatic rings. The van der Waals surface area contributed by atoms with Gasteiger partial charge in [-0.25, -0.2) is 4.68 Å². The number of hydrogen-bond donors (Lipinski definition) is 0. The Labute approximate surface area is 195 Å². The smallest absolute Gasteiger partial charge is 0.173 e. The second-order valence-electron chi connectivity index (χ2n) is 8.89. The van der Waals surface area contributed by atoms with Gasteiger partial charge in [0.05, 0.1) is 25.8 Å². The molecule has 0 N–H and O–H groups in total. The largest absolute Gasteiger partial charge is 0.497 e. The first-order valence-corrected chi connectivity index (χ1v) is 11.8. The van der Waals surface area contributed by atoms with Crippen LogP contribution in [0.25, 0.3) is 0 Å². The van der Waals surface area contributed by atoms with Crippen molar-refractivity contribution in [3.8, 4) is 5.75 Å². The molecular formula is C25H32N6O2. The summed E-state index contributed by atoms with van der Waals surface area (Å²) in [7, 11) is 1.70. The molecule has 174 valence electrons. The van der Waals surface area contributed by atoms with Crippen molar-refractivity contribution in [3.05, 3.63) is 65.5 Å². The molecule has 2 aliphatic heterocycles. The highest BCUT2D eigenvalue weighted by Crippen LogP contribution is 2.30. The van der Waals surface area contributed by atoms with Crippen LogP contribution in [0.5, 0.6) is 5.75 Å². The van der Waals surface area contributed by atoms with Crippen LogP contribution in [0.1, 0.15) is 35.8 Å². The van der Waals surface area contributed by atoms with E-state index >= 15 is 0 Å². The summed E-state index contributed by atoms with van der Waals surface area (Å²) >= 11 is 0. The van der Waals surface area contributed by atoms with Crippen molar-refractivity contribution < 1.29 is 9.47 Å². The van der Waals surface area contributed by atoms with Gasteiger partial charge in [-0.15, -0.1) is 5.10 Å². The fourth-order valence-electron chi connectivity index (χ4n) is 4.82. The summed E-state index contributed by atoms with van der Waals surface area (Å²) in [6.45, 7) is 7.40. The number of piperazine rings is 1. The van der Waals surface area contributed by atoms with E-state index in [2.05, 4.69) is 68.6 Å². The highest BCUT2D eigenvalue weighted by atomic mass is 16.5. The molecule has 0 amide bonds. The molecule has 0 spiro atoms. The van der Waals surface area contributed by atoms with Gasteiger partial charge in [0.1, 0.15) is 5.75 Å². The molecule has 1 aromatic heterocycles. The molecule has 5 rings (SSSR count). The van der Waals surface area contributed by atoms with Crippen molar-refractivity contribution in [2.45, 2.75) is 38.5 Å². The Balaban J connectivity index is 1.37. The Morgan fingerprint density at radius 2 is 1.79 bits per heavy atom. The molecule has 2 saturated heterocycles. The molecule has 0 bridgehead atoms. The maximum atomic E-state index is 5.86. The van der Waals surface area contributed by atoms with Crippen molar-refractivity contribution >= 4 is 5.69 Å². The summed E-state index contributed by atoms with van der Waals surface area (Å²) in [5, 5.41) is 12.9. The van der Waals surface area contributed by atoms with E-state index in [-0.39, 0.29) is 12.1 Å². The van der Waals surface area contributed by atoms with Crippen molar-refractivity contribution in [1.29, 1.82) is 0 Å². The summed E-state index contributed by atoms with van der Waals surface area (Å²) in [5.41, 5.74) is 3.70. The second kappa shape index (κ2) is 9.89. The number of benzene rings is 2. The first kappa shape index (κ1) is 21.9. The Morgan fingerprint density at radius 3 is 2.45 bits per heavy atom. The van der Waals surface area contributed by atoms with Crippen LogP contribution >= 0.6 is 0 Å². The lowest BCUT2D eigenvalue weighted by atomic mass is 10.0. The van der Waals surface area contributed by atoms with E-state index in [4.69, 9.17) is 9.47 Å². The third-order valence-corrected chi connectivity index (χ3v) is 6.71. The summed E-state index contributed by atoms with van der Waals surface area (Å²) < 4.78 is 13.1. The molecule has 0 saturated carbocycles. The summed E-state index contributed by atoms with van der Waals surface area (Å²) in [5.74, 6) is 1.78. The van der Waals surface area contributed by atoms with Crippen LogP contribution in [0.4, 0.5) is 5.69 Å². The normalized spacial score (nSPS) is 20.2. The van der Waals surface area contributed by atoms with Gasteiger partial charge in [-0.3, -0.25) is 4.90 Å². The third-order valence-electron chi connectivity index (χ3n) is 6.71. The van der Waals surface area contributed by atoms with Crippen LogP contribution in [0.3, 0.4) is 0 Å². The molecule has 33 heavy (non-hydrogen) atoms. The monoisotopic (exact) mass is 448 g/mol. The molecule has 0 radical (unpaired) electrons. The lowest BCUT2D eigenvalue weighted by Crippen LogP contribution is -2.48.